The zero-order valence-electron chi connectivity index (χ0n) is 8.18. The van der Waals surface area contributed by atoms with Crippen LogP contribution in [-0.4, -0.2) is 24.5 Å². The normalized spacial score (nSPS) is 16.5. The van der Waals surface area contributed by atoms with Crippen molar-refractivity contribution in [1.82, 2.24) is 4.90 Å². The summed E-state index contributed by atoms with van der Waals surface area (Å²) in [6, 6.07) is 2.39. The van der Waals surface area contributed by atoms with Crippen molar-refractivity contribution in [3.8, 4) is 6.07 Å². The van der Waals surface area contributed by atoms with E-state index in [0.717, 1.165) is 6.42 Å². The number of hydrogen-bond acceptors (Lipinski definition) is 2. The quantitative estimate of drug-likeness (QED) is 0.620. The van der Waals surface area contributed by atoms with Crippen LogP contribution in [0.3, 0.4) is 0 Å². The van der Waals surface area contributed by atoms with E-state index in [9.17, 15) is 0 Å². The van der Waals surface area contributed by atoms with Gasteiger partial charge in [-0.3, -0.25) is 4.90 Å². The van der Waals surface area contributed by atoms with Gasteiger partial charge in [-0.1, -0.05) is 20.8 Å². The molecular formula is C9H18N2. The first kappa shape index (κ1) is 10.4. The fourth-order valence-corrected chi connectivity index (χ4v) is 1.55. The van der Waals surface area contributed by atoms with E-state index in [-0.39, 0.29) is 5.54 Å². The summed E-state index contributed by atoms with van der Waals surface area (Å²) in [5.74, 6) is 0.382. The minimum atomic E-state index is -0.278. The maximum atomic E-state index is 9.03. The first-order valence-corrected chi connectivity index (χ1v) is 4.10. The molecule has 0 aliphatic rings. The Bertz CT molecular complexity index is 145. The molecule has 0 rings (SSSR count). The van der Waals surface area contributed by atoms with E-state index in [4.69, 9.17) is 5.26 Å². The molecular weight excluding hydrogens is 136 g/mol. The molecule has 0 heterocycles. The lowest BCUT2D eigenvalue weighted by Crippen LogP contribution is -2.46. The van der Waals surface area contributed by atoms with E-state index in [1.807, 2.05) is 19.0 Å². The van der Waals surface area contributed by atoms with Crippen LogP contribution in [-0.2, 0) is 0 Å². The van der Waals surface area contributed by atoms with Crippen molar-refractivity contribution < 1.29 is 0 Å². The van der Waals surface area contributed by atoms with Gasteiger partial charge < -0.3 is 0 Å². The van der Waals surface area contributed by atoms with Gasteiger partial charge in [0.25, 0.3) is 0 Å². The highest BCUT2D eigenvalue weighted by atomic mass is 15.1. The third kappa shape index (κ3) is 1.72. The maximum Gasteiger partial charge on any atom is 0.110 e. The molecule has 0 bridgehead atoms. The molecule has 0 aliphatic heterocycles. The Labute approximate surface area is 69.8 Å². The number of nitriles is 1. The summed E-state index contributed by atoms with van der Waals surface area (Å²) in [5, 5.41) is 9.03. The van der Waals surface area contributed by atoms with Crippen LogP contribution in [0, 0.1) is 17.2 Å². The molecule has 0 aromatic carbocycles. The van der Waals surface area contributed by atoms with Gasteiger partial charge in [-0.15, -0.1) is 0 Å². The van der Waals surface area contributed by atoms with Crippen molar-refractivity contribution in [2.24, 2.45) is 5.92 Å². The Balaban J connectivity index is 4.65. The second-order valence-corrected chi connectivity index (χ2v) is 3.44. The van der Waals surface area contributed by atoms with Gasteiger partial charge in [-0.25, -0.2) is 0 Å². The monoisotopic (exact) mass is 154 g/mol. The third-order valence-electron chi connectivity index (χ3n) is 2.49. The van der Waals surface area contributed by atoms with Gasteiger partial charge >= 0.3 is 0 Å². The zero-order chi connectivity index (χ0) is 9.07. The molecule has 0 N–H and O–H groups in total. The van der Waals surface area contributed by atoms with Crippen LogP contribution in [0.15, 0.2) is 0 Å². The SMILES string of the molecule is CCC(C#N)(C(C)C)N(C)C. The highest BCUT2D eigenvalue weighted by molar-refractivity contribution is 5.08. The average Bonchev–Trinajstić information content (AvgIpc) is 1.90. The van der Waals surface area contributed by atoms with Crippen LogP contribution < -0.4 is 0 Å². The summed E-state index contributed by atoms with van der Waals surface area (Å²) in [6.45, 7) is 6.24. The lowest BCUT2D eigenvalue weighted by Gasteiger charge is -2.36. The summed E-state index contributed by atoms with van der Waals surface area (Å²) in [5.41, 5.74) is -0.278. The number of rotatable bonds is 3. The summed E-state index contributed by atoms with van der Waals surface area (Å²) >= 11 is 0. The molecule has 1 atom stereocenters. The molecule has 0 spiro atoms. The minimum Gasteiger partial charge on any atom is -0.292 e. The van der Waals surface area contributed by atoms with Crippen LogP contribution >= 0.6 is 0 Å². The van der Waals surface area contributed by atoms with Gasteiger partial charge in [0.1, 0.15) is 5.54 Å². The van der Waals surface area contributed by atoms with Gasteiger partial charge in [0.2, 0.25) is 0 Å². The Morgan fingerprint density at radius 2 is 1.91 bits per heavy atom. The minimum absolute atomic E-state index is 0.278. The van der Waals surface area contributed by atoms with Crippen LogP contribution in [0.1, 0.15) is 27.2 Å². The molecule has 0 fully saturated rings. The van der Waals surface area contributed by atoms with E-state index in [0.29, 0.717) is 5.92 Å². The predicted octanol–water partition coefficient (Wildman–Crippen LogP) is 1.88. The van der Waals surface area contributed by atoms with Gasteiger partial charge in [0, 0.05) is 0 Å². The molecule has 0 saturated heterocycles. The molecule has 0 amide bonds. The molecule has 1 unspecified atom stereocenters. The van der Waals surface area contributed by atoms with Gasteiger partial charge in [-0.2, -0.15) is 5.26 Å². The van der Waals surface area contributed by atoms with Crippen LogP contribution in [0.25, 0.3) is 0 Å². The highest BCUT2D eigenvalue weighted by Crippen LogP contribution is 2.25. The summed E-state index contributed by atoms with van der Waals surface area (Å²) in [6.07, 6.45) is 0.883. The molecule has 2 nitrogen and oxygen atoms in total. The molecule has 0 radical (unpaired) electrons. The van der Waals surface area contributed by atoms with Crippen molar-refractivity contribution in [2.45, 2.75) is 32.7 Å². The lowest BCUT2D eigenvalue weighted by atomic mass is 9.84. The summed E-state index contributed by atoms with van der Waals surface area (Å²) < 4.78 is 0. The first-order chi connectivity index (χ1) is 5.01. The number of nitrogens with zero attached hydrogens (tertiary/aromatic N) is 2. The molecule has 0 aromatic rings. The second kappa shape index (κ2) is 3.73. The maximum absolute atomic E-state index is 9.03. The fourth-order valence-electron chi connectivity index (χ4n) is 1.55. The molecule has 0 aliphatic carbocycles. The molecule has 0 aromatic heterocycles. The highest BCUT2D eigenvalue weighted by Gasteiger charge is 2.33. The van der Waals surface area contributed by atoms with Crippen LogP contribution in [0.4, 0.5) is 0 Å². The number of hydrogen-bond donors (Lipinski definition) is 0. The predicted molar refractivity (Wildman–Crippen MR) is 47.2 cm³/mol. The standard InChI is InChI=1S/C9H18N2/c1-6-9(7-10,8(2)3)11(4)5/h8H,6H2,1-5H3. The largest absolute Gasteiger partial charge is 0.292 e. The molecule has 0 saturated carbocycles. The summed E-state index contributed by atoms with van der Waals surface area (Å²) in [7, 11) is 3.93. The molecule has 11 heavy (non-hydrogen) atoms. The average molecular weight is 154 g/mol. The van der Waals surface area contributed by atoms with E-state index < -0.39 is 0 Å². The second-order valence-electron chi connectivity index (χ2n) is 3.44. The first-order valence-electron chi connectivity index (χ1n) is 4.10. The topological polar surface area (TPSA) is 27.0 Å². The molecule has 64 valence electrons. The smallest absolute Gasteiger partial charge is 0.110 e. The van der Waals surface area contributed by atoms with Crippen molar-refractivity contribution in [3.05, 3.63) is 0 Å². The van der Waals surface area contributed by atoms with E-state index >= 15 is 0 Å². The van der Waals surface area contributed by atoms with Gasteiger partial charge in [0.15, 0.2) is 0 Å². The van der Waals surface area contributed by atoms with Gasteiger partial charge in [-0.05, 0) is 26.4 Å². The van der Waals surface area contributed by atoms with E-state index in [1.54, 1.807) is 0 Å². The molecule has 2 heteroatoms. The van der Waals surface area contributed by atoms with Crippen molar-refractivity contribution in [1.29, 1.82) is 5.26 Å². The Morgan fingerprint density at radius 1 is 1.45 bits per heavy atom. The van der Waals surface area contributed by atoms with Crippen molar-refractivity contribution >= 4 is 0 Å². The van der Waals surface area contributed by atoms with Crippen molar-refractivity contribution in [2.75, 3.05) is 14.1 Å². The third-order valence-corrected chi connectivity index (χ3v) is 2.49. The Morgan fingerprint density at radius 3 is 1.91 bits per heavy atom. The fraction of sp³-hybridized carbons (Fsp3) is 0.889. The van der Waals surface area contributed by atoms with Gasteiger partial charge in [0.05, 0.1) is 6.07 Å². The van der Waals surface area contributed by atoms with Crippen LogP contribution in [0.5, 0.6) is 0 Å². The van der Waals surface area contributed by atoms with Crippen molar-refractivity contribution in [3.63, 3.8) is 0 Å². The Kier molecular flexibility index (Phi) is 3.54. The van der Waals surface area contributed by atoms with E-state index in [2.05, 4.69) is 26.8 Å². The van der Waals surface area contributed by atoms with Crippen LogP contribution in [0.2, 0.25) is 0 Å². The van der Waals surface area contributed by atoms with E-state index in [1.165, 1.54) is 0 Å². The zero-order valence-corrected chi connectivity index (χ0v) is 8.18. The summed E-state index contributed by atoms with van der Waals surface area (Å²) in [4.78, 5) is 2.01. The lowest BCUT2D eigenvalue weighted by molar-refractivity contribution is 0.150. The Hall–Kier alpha value is -0.550.